The second kappa shape index (κ2) is 4.54. The Morgan fingerprint density at radius 1 is 1.56 bits per heavy atom. The molecule has 0 saturated carbocycles. The lowest BCUT2D eigenvalue weighted by atomic mass is 10.1. The lowest BCUT2D eigenvalue weighted by Crippen LogP contribution is -1.94. The number of hydrogen-bond donors (Lipinski definition) is 2. The van der Waals surface area contributed by atoms with E-state index >= 15 is 0 Å². The van der Waals surface area contributed by atoms with Crippen molar-refractivity contribution in [3.05, 3.63) is 33.8 Å². The Hall–Kier alpha value is -1.53. The lowest BCUT2D eigenvalue weighted by Gasteiger charge is -2.02. The number of Topliss-reactive ketones (excluding diaryl/α,β-unsaturated/α-hetero) is 1. The van der Waals surface area contributed by atoms with Crippen LogP contribution in [0.3, 0.4) is 0 Å². The summed E-state index contributed by atoms with van der Waals surface area (Å²) in [6.45, 7) is 1.54. The van der Waals surface area contributed by atoms with E-state index in [1.165, 1.54) is 18.3 Å². The van der Waals surface area contributed by atoms with Crippen LogP contribution in [-0.2, 0) is 0 Å². The largest absolute Gasteiger partial charge is 0.330 e. The predicted octanol–water partition coefficient (Wildman–Crippen LogP) is 3.15. The molecule has 2 N–H and O–H groups in total. The first-order chi connectivity index (χ1) is 7.65. The average molecular weight is 251 g/mol. The third-order valence-electron chi connectivity index (χ3n) is 1.96. The number of benzene rings is 1. The molecule has 4 nitrogen and oxygen atoms in total. The van der Waals surface area contributed by atoms with Crippen LogP contribution < -0.4 is 5.32 Å². The van der Waals surface area contributed by atoms with E-state index in [4.69, 9.17) is 12.2 Å². The summed E-state index contributed by atoms with van der Waals surface area (Å²) in [7, 11) is 0. The molecule has 0 radical (unpaired) electrons. The van der Waals surface area contributed by atoms with E-state index in [1.807, 2.05) is 12.1 Å². The molecule has 0 aliphatic rings. The van der Waals surface area contributed by atoms with Crippen LogP contribution >= 0.6 is 23.6 Å². The molecular formula is C10H9N3OS2. The van der Waals surface area contributed by atoms with Crippen molar-refractivity contribution >= 4 is 40.2 Å². The summed E-state index contributed by atoms with van der Waals surface area (Å²) in [6.07, 6.45) is 0. The highest BCUT2D eigenvalue weighted by Gasteiger charge is 2.02. The number of aromatic amines is 1. The Balaban J connectivity index is 2.25. The van der Waals surface area contributed by atoms with Gasteiger partial charge in [0, 0.05) is 11.3 Å². The number of aromatic nitrogens is 2. The van der Waals surface area contributed by atoms with Crippen molar-refractivity contribution in [2.24, 2.45) is 0 Å². The summed E-state index contributed by atoms with van der Waals surface area (Å²) < 4.78 is 0.616. The summed E-state index contributed by atoms with van der Waals surface area (Å²) in [5.74, 6) is 0.0401. The fourth-order valence-corrected chi connectivity index (χ4v) is 2.03. The Kier molecular flexibility index (Phi) is 3.12. The van der Waals surface area contributed by atoms with E-state index in [-0.39, 0.29) is 5.78 Å². The number of H-pyrrole nitrogens is 1. The van der Waals surface area contributed by atoms with Gasteiger partial charge >= 0.3 is 0 Å². The van der Waals surface area contributed by atoms with Crippen molar-refractivity contribution in [1.82, 2.24) is 10.2 Å². The average Bonchev–Trinajstić information content (AvgIpc) is 2.64. The van der Waals surface area contributed by atoms with Gasteiger partial charge in [-0.1, -0.05) is 23.5 Å². The third kappa shape index (κ3) is 2.53. The van der Waals surface area contributed by atoms with E-state index in [2.05, 4.69) is 15.5 Å². The van der Waals surface area contributed by atoms with E-state index in [9.17, 15) is 4.79 Å². The number of rotatable bonds is 3. The molecule has 16 heavy (non-hydrogen) atoms. The summed E-state index contributed by atoms with van der Waals surface area (Å²) in [4.78, 5) is 11.2. The second-order valence-electron chi connectivity index (χ2n) is 3.18. The van der Waals surface area contributed by atoms with E-state index in [0.29, 0.717) is 14.6 Å². The maximum absolute atomic E-state index is 11.2. The summed E-state index contributed by atoms with van der Waals surface area (Å²) >= 11 is 6.27. The molecule has 0 unspecified atom stereocenters. The fraction of sp³-hybridized carbons (Fsp3) is 0.100. The summed E-state index contributed by atoms with van der Waals surface area (Å²) in [5, 5.41) is 10.4. The molecule has 0 aliphatic heterocycles. The zero-order valence-electron chi connectivity index (χ0n) is 8.48. The number of carbonyl (C=O) groups excluding carboxylic acids is 1. The van der Waals surface area contributed by atoms with Crippen molar-refractivity contribution in [1.29, 1.82) is 0 Å². The topological polar surface area (TPSA) is 57.8 Å². The van der Waals surface area contributed by atoms with Gasteiger partial charge in [-0.2, -0.15) is 0 Å². The number of hydrogen-bond acceptors (Lipinski definition) is 5. The summed E-state index contributed by atoms with van der Waals surface area (Å²) in [5.41, 5.74) is 1.49. The highest BCUT2D eigenvalue weighted by molar-refractivity contribution is 7.73. The Morgan fingerprint density at radius 3 is 3.00 bits per heavy atom. The van der Waals surface area contributed by atoms with Crippen LogP contribution in [0.2, 0.25) is 0 Å². The molecule has 0 atom stereocenters. The van der Waals surface area contributed by atoms with Gasteiger partial charge < -0.3 is 5.32 Å². The molecule has 1 aromatic carbocycles. The van der Waals surface area contributed by atoms with Crippen molar-refractivity contribution < 1.29 is 4.79 Å². The van der Waals surface area contributed by atoms with Crippen LogP contribution in [0.5, 0.6) is 0 Å². The highest BCUT2D eigenvalue weighted by Crippen LogP contribution is 2.19. The van der Waals surface area contributed by atoms with Gasteiger partial charge in [-0.05, 0) is 31.3 Å². The van der Waals surface area contributed by atoms with Gasteiger partial charge in [-0.15, -0.1) is 5.10 Å². The number of nitrogens with one attached hydrogen (secondary N) is 2. The van der Waals surface area contributed by atoms with Crippen LogP contribution in [0.1, 0.15) is 17.3 Å². The fourth-order valence-electron chi connectivity index (χ4n) is 1.22. The second-order valence-corrected chi connectivity index (χ2v) is 4.85. The minimum Gasteiger partial charge on any atom is -0.330 e. The van der Waals surface area contributed by atoms with Crippen LogP contribution in [0, 0.1) is 3.95 Å². The molecule has 0 spiro atoms. The maximum Gasteiger partial charge on any atom is 0.208 e. The monoisotopic (exact) mass is 251 g/mol. The standard InChI is InChI=1S/C10H9N3OS2/c1-6(14)7-3-2-4-8(5-7)11-9-12-13-10(15)16-9/h2-5H,1H3,(H,11,12)(H,13,15). The summed E-state index contributed by atoms with van der Waals surface area (Å²) in [6, 6.07) is 7.26. The molecular weight excluding hydrogens is 242 g/mol. The van der Waals surface area contributed by atoms with Crippen molar-refractivity contribution in [2.75, 3.05) is 5.32 Å². The van der Waals surface area contributed by atoms with Gasteiger partial charge in [0.1, 0.15) is 0 Å². The van der Waals surface area contributed by atoms with Crippen LogP contribution in [0.4, 0.5) is 10.8 Å². The molecule has 1 aromatic heterocycles. The Bertz CT molecular complexity index is 573. The molecule has 0 bridgehead atoms. The smallest absolute Gasteiger partial charge is 0.208 e. The number of nitrogens with zero attached hydrogens (tertiary/aromatic N) is 1. The van der Waals surface area contributed by atoms with Gasteiger partial charge in [0.15, 0.2) is 9.74 Å². The Labute approximate surface area is 101 Å². The first kappa shape index (κ1) is 11.0. The van der Waals surface area contributed by atoms with Gasteiger partial charge in [-0.3, -0.25) is 9.89 Å². The minimum atomic E-state index is 0.0401. The molecule has 2 aromatic rings. The predicted molar refractivity (Wildman–Crippen MR) is 67.0 cm³/mol. The van der Waals surface area contributed by atoms with Crippen molar-refractivity contribution in [3.63, 3.8) is 0 Å². The van der Waals surface area contributed by atoms with E-state index < -0.39 is 0 Å². The molecule has 6 heteroatoms. The molecule has 0 aliphatic carbocycles. The van der Waals surface area contributed by atoms with Crippen LogP contribution in [0.25, 0.3) is 0 Å². The van der Waals surface area contributed by atoms with Gasteiger partial charge in [0.25, 0.3) is 0 Å². The van der Waals surface area contributed by atoms with Gasteiger partial charge in [-0.25, -0.2) is 0 Å². The number of carbonyl (C=O) groups is 1. The molecule has 0 fully saturated rings. The first-order valence-electron chi connectivity index (χ1n) is 4.59. The van der Waals surface area contributed by atoms with Crippen molar-refractivity contribution in [3.8, 4) is 0 Å². The molecule has 82 valence electrons. The van der Waals surface area contributed by atoms with E-state index in [0.717, 1.165) is 5.69 Å². The maximum atomic E-state index is 11.2. The highest BCUT2D eigenvalue weighted by atomic mass is 32.1. The first-order valence-corrected chi connectivity index (χ1v) is 5.81. The quantitative estimate of drug-likeness (QED) is 0.650. The number of anilines is 2. The zero-order chi connectivity index (χ0) is 11.5. The molecule has 0 amide bonds. The van der Waals surface area contributed by atoms with Gasteiger partial charge in [0.05, 0.1) is 0 Å². The Morgan fingerprint density at radius 2 is 2.38 bits per heavy atom. The van der Waals surface area contributed by atoms with Crippen molar-refractivity contribution in [2.45, 2.75) is 6.92 Å². The zero-order valence-corrected chi connectivity index (χ0v) is 10.1. The minimum absolute atomic E-state index is 0.0401. The normalized spacial score (nSPS) is 10.1. The third-order valence-corrected chi connectivity index (χ3v) is 2.96. The van der Waals surface area contributed by atoms with Crippen LogP contribution in [-0.4, -0.2) is 16.0 Å². The molecule has 1 heterocycles. The molecule has 0 saturated heterocycles. The van der Waals surface area contributed by atoms with Gasteiger partial charge in [0.2, 0.25) is 5.13 Å². The SMILES string of the molecule is CC(=O)c1cccc(Nc2n[nH]c(=S)s2)c1. The van der Waals surface area contributed by atoms with E-state index in [1.54, 1.807) is 12.1 Å². The molecule has 2 rings (SSSR count). The lowest BCUT2D eigenvalue weighted by molar-refractivity contribution is 0.101. The number of ketones is 1. The van der Waals surface area contributed by atoms with Crippen LogP contribution in [0.15, 0.2) is 24.3 Å².